The summed E-state index contributed by atoms with van der Waals surface area (Å²) in [5, 5.41) is 8.72. The summed E-state index contributed by atoms with van der Waals surface area (Å²) >= 11 is 11.7. The summed E-state index contributed by atoms with van der Waals surface area (Å²) < 4.78 is 0. The Balaban J connectivity index is 1.42. The number of benzene rings is 3. The monoisotopic (exact) mass is 508 g/mol. The van der Waals surface area contributed by atoms with E-state index >= 15 is 0 Å². The van der Waals surface area contributed by atoms with Gasteiger partial charge in [-0.1, -0.05) is 55.8 Å². The van der Waals surface area contributed by atoms with E-state index in [4.69, 9.17) is 23.8 Å². The van der Waals surface area contributed by atoms with Crippen LogP contribution < -0.4 is 15.5 Å². The van der Waals surface area contributed by atoms with Crippen LogP contribution in [0.5, 0.6) is 0 Å². The normalized spacial score (nSPS) is 13.7. The Hall–Kier alpha value is -3.16. The molecule has 1 fully saturated rings. The fraction of sp³-hybridized carbons (Fsp3) is 0.296. The zero-order chi connectivity index (χ0) is 24.9. The molecule has 2 amide bonds. The molecule has 1 aliphatic heterocycles. The minimum atomic E-state index is -0.283. The molecule has 0 radical (unpaired) electrons. The fourth-order valence-electron chi connectivity index (χ4n) is 4.22. The number of hydrogen-bond acceptors (Lipinski definition) is 4. The molecule has 0 aromatic heterocycles. The lowest BCUT2D eigenvalue weighted by Gasteiger charge is -2.37. The van der Waals surface area contributed by atoms with E-state index in [1.165, 1.54) is 0 Å². The van der Waals surface area contributed by atoms with Gasteiger partial charge in [-0.15, -0.1) is 0 Å². The van der Waals surface area contributed by atoms with Gasteiger partial charge >= 0.3 is 0 Å². The number of thiocarbonyl (C=S) groups is 1. The molecule has 8 heteroatoms. The number of piperazine rings is 1. The van der Waals surface area contributed by atoms with Crippen molar-refractivity contribution in [3.05, 3.63) is 71.2 Å². The molecule has 4 rings (SSSR count). The average Bonchev–Trinajstić information content (AvgIpc) is 2.83. The number of fused-ring (bicyclic) bond motifs is 1. The first kappa shape index (κ1) is 24.9. The Morgan fingerprint density at radius 3 is 2.40 bits per heavy atom. The van der Waals surface area contributed by atoms with Crippen LogP contribution in [0, 0.1) is 5.92 Å². The summed E-state index contributed by atoms with van der Waals surface area (Å²) in [5.74, 6) is 0.263. The lowest BCUT2D eigenvalue weighted by atomic mass is 10.1. The molecule has 1 heterocycles. The maximum atomic E-state index is 12.8. The third kappa shape index (κ3) is 6.29. The van der Waals surface area contributed by atoms with E-state index in [1.54, 1.807) is 12.1 Å². The second-order valence-electron chi connectivity index (χ2n) is 9.10. The van der Waals surface area contributed by atoms with Gasteiger partial charge < -0.3 is 15.1 Å². The van der Waals surface area contributed by atoms with Gasteiger partial charge in [0.05, 0.1) is 11.4 Å². The molecular weight excluding hydrogens is 480 g/mol. The van der Waals surface area contributed by atoms with Crippen LogP contribution in [0.4, 0.5) is 11.4 Å². The zero-order valence-corrected chi connectivity index (χ0v) is 21.5. The molecule has 6 nitrogen and oxygen atoms in total. The van der Waals surface area contributed by atoms with E-state index in [0.29, 0.717) is 54.8 Å². The van der Waals surface area contributed by atoms with Crippen LogP contribution in [0.3, 0.4) is 0 Å². The van der Waals surface area contributed by atoms with Crippen molar-refractivity contribution in [3.63, 3.8) is 0 Å². The Bertz CT molecular complexity index is 1250. The van der Waals surface area contributed by atoms with Gasteiger partial charge in [-0.25, -0.2) is 0 Å². The van der Waals surface area contributed by atoms with Gasteiger partial charge in [-0.2, -0.15) is 0 Å². The summed E-state index contributed by atoms with van der Waals surface area (Å²) in [5.41, 5.74) is 2.16. The molecule has 2 N–H and O–H groups in total. The molecule has 0 saturated carbocycles. The maximum Gasteiger partial charge on any atom is 0.257 e. The van der Waals surface area contributed by atoms with Crippen LogP contribution in [0.1, 0.15) is 30.6 Å². The Kier molecular flexibility index (Phi) is 7.88. The van der Waals surface area contributed by atoms with Crippen LogP contribution >= 0.6 is 23.8 Å². The van der Waals surface area contributed by atoms with Crippen molar-refractivity contribution >= 4 is 62.9 Å². The molecule has 1 saturated heterocycles. The van der Waals surface area contributed by atoms with E-state index in [2.05, 4.69) is 29.4 Å². The maximum absolute atomic E-state index is 12.8. The van der Waals surface area contributed by atoms with E-state index in [9.17, 15) is 9.59 Å². The molecule has 0 spiro atoms. The number of rotatable bonds is 5. The smallest absolute Gasteiger partial charge is 0.257 e. The number of hydrogen-bond donors (Lipinski definition) is 2. The number of nitrogens with one attached hydrogen (secondary N) is 2. The van der Waals surface area contributed by atoms with Crippen molar-refractivity contribution in [2.75, 3.05) is 36.4 Å². The second-order valence-corrected chi connectivity index (χ2v) is 9.94. The molecule has 0 bridgehead atoms. The van der Waals surface area contributed by atoms with Crippen LogP contribution in [0.25, 0.3) is 10.8 Å². The van der Waals surface area contributed by atoms with E-state index in [1.807, 2.05) is 53.4 Å². The topological polar surface area (TPSA) is 64.7 Å². The first-order chi connectivity index (χ1) is 16.8. The molecule has 1 aliphatic rings. The molecular formula is C27H29ClN4O2S. The number of carbonyl (C=O) groups is 2. The SMILES string of the molecule is CC(C)CC(=O)N1CCN(c2ccc(Cl)cc2NC(=S)NC(=O)c2ccc3ccccc3c2)CC1. The van der Waals surface area contributed by atoms with Gasteiger partial charge in [0.15, 0.2) is 5.11 Å². The van der Waals surface area contributed by atoms with Gasteiger partial charge in [-0.3, -0.25) is 14.9 Å². The van der Waals surface area contributed by atoms with E-state index in [0.717, 1.165) is 16.5 Å². The lowest BCUT2D eigenvalue weighted by Crippen LogP contribution is -2.49. The van der Waals surface area contributed by atoms with Crippen molar-refractivity contribution in [1.29, 1.82) is 0 Å². The summed E-state index contributed by atoms with van der Waals surface area (Å²) in [7, 11) is 0. The first-order valence-corrected chi connectivity index (χ1v) is 12.5. The molecule has 35 heavy (non-hydrogen) atoms. The van der Waals surface area contributed by atoms with Crippen LogP contribution in [-0.4, -0.2) is 48.0 Å². The largest absolute Gasteiger partial charge is 0.366 e. The Labute approximate surface area is 216 Å². The van der Waals surface area contributed by atoms with E-state index < -0.39 is 0 Å². The van der Waals surface area contributed by atoms with Crippen LogP contribution in [0.15, 0.2) is 60.7 Å². The van der Waals surface area contributed by atoms with Gasteiger partial charge in [0, 0.05) is 43.2 Å². The van der Waals surface area contributed by atoms with Crippen LogP contribution in [0.2, 0.25) is 5.02 Å². The van der Waals surface area contributed by atoms with Crippen molar-refractivity contribution in [3.8, 4) is 0 Å². The Morgan fingerprint density at radius 1 is 0.971 bits per heavy atom. The summed E-state index contributed by atoms with van der Waals surface area (Å²) in [4.78, 5) is 29.4. The third-order valence-corrected chi connectivity index (χ3v) is 6.44. The van der Waals surface area contributed by atoms with E-state index in [-0.39, 0.29) is 16.9 Å². The highest BCUT2D eigenvalue weighted by atomic mass is 35.5. The van der Waals surface area contributed by atoms with Crippen molar-refractivity contribution in [2.24, 2.45) is 5.92 Å². The average molecular weight is 509 g/mol. The molecule has 0 atom stereocenters. The van der Waals surface area contributed by atoms with Crippen molar-refractivity contribution < 1.29 is 9.59 Å². The van der Waals surface area contributed by atoms with Crippen LogP contribution in [-0.2, 0) is 4.79 Å². The van der Waals surface area contributed by atoms with Crippen molar-refractivity contribution in [2.45, 2.75) is 20.3 Å². The highest BCUT2D eigenvalue weighted by Gasteiger charge is 2.23. The molecule has 3 aromatic rings. The number of amides is 2. The number of nitrogens with zero attached hydrogens (tertiary/aromatic N) is 2. The van der Waals surface area contributed by atoms with Crippen molar-refractivity contribution in [1.82, 2.24) is 10.2 Å². The number of carbonyl (C=O) groups excluding carboxylic acids is 2. The number of anilines is 2. The third-order valence-electron chi connectivity index (χ3n) is 6.00. The first-order valence-electron chi connectivity index (χ1n) is 11.7. The molecule has 3 aromatic carbocycles. The predicted octanol–water partition coefficient (Wildman–Crippen LogP) is 5.31. The standard InChI is InChI=1S/C27H29ClN4O2S/c1-18(2)15-25(33)32-13-11-31(12-14-32)24-10-9-22(28)17-23(24)29-27(35)30-26(34)21-8-7-19-5-3-4-6-20(19)16-21/h3-10,16-18H,11-15H2,1-2H3,(H2,29,30,34,35). The molecule has 0 aliphatic carbocycles. The van der Waals surface area contributed by atoms with Gasteiger partial charge in [0.2, 0.25) is 5.91 Å². The minimum Gasteiger partial charge on any atom is -0.366 e. The zero-order valence-electron chi connectivity index (χ0n) is 19.9. The lowest BCUT2D eigenvalue weighted by molar-refractivity contribution is -0.132. The highest BCUT2D eigenvalue weighted by molar-refractivity contribution is 7.80. The van der Waals surface area contributed by atoms with Gasteiger partial charge in [0.1, 0.15) is 0 Å². The molecule has 182 valence electrons. The quantitative estimate of drug-likeness (QED) is 0.457. The fourth-order valence-corrected chi connectivity index (χ4v) is 4.59. The summed E-state index contributed by atoms with van der Waals surface area (Å²) in [6.45, 7) is 6.85. The summed E-state index contributed by atoms with van der Waals surface area (Å²) in [6.07, 6.45) is 0.568. The molecule has 0 unspecified atom stereocenters. The van der Waals surface area contributed by atoms with Gasteiger partial charge in [-0.05, 0) is 59.2 Å². The number of halogens is 1. The minimum absolute atomic E-state index is 0.192. The van der Waals surface area contributed by atoms with Gasteiger partial charge in [0.25, 0.3) is 5.91 Å². The Morgan fingerprint density at radius 2 is 1.69 bits per heavy atom. The predicted molar refractivity (Wildman–Crippen MR) is 147 cm³/mol. The highest BCUT2D eigenvalue weighted by Crippen LogP contribution is 2.30. The summed E-state index contributed by atoms with van der Waals surface area (Å²) in [6, 6.07) is 19.0. The second kappa shape index (κ2) is 11.1.